The molecule has 4 nitrogen and oxygen atoms in total. The zero-order chi connectivity index (χ0) is 12.9. The number of amides is 1. The molecular weight excluding hydrogens is 214 g/mol. The summed E-state index contributed by atoms with van der Waals surface area (Å²) in [7, 11) is 0. The van der Waals surface area contributed by atoms with Gasteiger partial charge in [0.1, 0.15) is 0 Å². The molecule has 0 saturated carbocycles. The summed E-state index contributed by atoms with van der Waals surface area (Å²) in [6.45, 7) is 10.8. The highest BCUT2D eigenvalue weighted by atomic mass is 16.2. The lowest BCUT2D eigenvalue weighted by Gasteiger charge is -2.42. The van der Waals surface area contributed by atoms with Crippen LogP contribution in [0.15, 0.2) is 12.2 Å². The highest BCUT2D eigenvalue weighted by molar-refractivity contribution is 5.87. The van der Waals surface area contributed by atoms with Gasteiger partial charge in [0.15, 0.2) is 0 Å². The topological polar surface area (TPSA) is 49.6 Å². The van der Waals surface area contributed by atoms with Crippen molar-refractivity contribution in [1.82, 2.24) is 9.80 Å². The minimum atomic E-state index is 0.118. The summed E-state index contributed by atoms with van der Waals surface area (Å²) in [5, 5.41) is 0. The second kappa shape index (κ2) is 6.17. The SMILES string of the molecule is CC(C)(C)N1CCN(C(=O)/C=C/CCN)CC1. The Morgan fingerprint density at radius 2 is 1.82 bits per heavy atom. The molecule has 0 aromatic heterocycles. The van der Waals surface area contributed by atoms with Gasteiger partial charge in [-0.2, -0.15) is 0 Å². The Labute approximate surface area is 104 Å². The maximum Gasteiger partial charge on any atom is 0.246 e. The van der Waals surface area contributed by atoms with E-state index >= 15 is 0 Å². The molecule has 98 valence electrons. The first-order valence-corrected chi connectivity index (χ1v) is 6.35. The van der Waals surface area contributed by atoms with Crippen molar-refractivity contribution in [2.45, 2.75) is 32.7 Å². The lowest BCUT2D eigenvalue weighted by molar-refractivity contribution is -0.128. The van der Waals surface area contributed by atoms with Gasteiger partial charge in [0.2, 0.25) is 5.91 Å². The number of carbonyl (C=O) groups excluding carboxylic acids is 1. The molecule has 1 heterocycles. The smallest absolute Gasteiger partial charge is 0.246 e. The van der Waals surface area contributed by atoms with Gasteiger partial charge >= 0.3 is 0 Å². The van der Waals surface area contributed by atoms with Gasteiger partial charge in [-0.1, -0.05) is 6.08 Å². The monoisotopic (exact) mass is 239 g/mol. The van der Waals surface area contributed by atoms with Crippen LogP contribution in [0.5, 0.6) is 0 Å². The van der Waals surface area contributed by atoms with E-state index < -0.39 is 0 Å². The molecule has 0 aliphatic carbocycles. The number of hydrogen-bond donors (Lipinski definition) is 1. The summed E-state index contributed by atoms with van der Waals surface area (Å²) >= 11 is 0. The third-order valence-electron chi connectivity index (χ3n) is 3.13. The minimum absolute atomic E-state index is 0.118. The first kappa shape index (κ1) is 14.2. The van der Waals surface area contributed by atoms with Crippen molar-refractivity contribution in [1.29, 1.82) is 0 Å². The first-order chi connectivity index (χ1) is 7.95. The summed E-state index contributed by atoms with van der Waals surface area (Å²) < 4.78 is 0. The number of piperazine rings is 1. The average molecular weight is 239 g/mol. The summed E-state index contributed by atoms with van der Waals surface area (Å²) in [5.41, 5.74) is 5.58. The molecule has 1 aliphatic rings. The molecule has 0 aromatic carbocycles. The third-order valence-corrected chi connectivity index (χ3v) is 3.13. The van der Waals surface area contributed by atoms with Gasteiger partial charge in [0, 0.05) is 31.7 Å². The quantitative estimate of drug-likeness (QED) is 0.742. The van der Waals surface area contributed by atoms with E-state index in [0.717, 1.165) is 32.6 Å². The standard InChI is InChI=1S/C13H25N3O/c1-13(2,3)16-10-8-15(9-11-16)12(17)6-4-5-7-14/h4,6H,5,7-11,14H2,1-3H3/b6-4+. The fraction of sp³-hybridized carbons (Fsp3) is 0.769. The fourth-order valence-electron chi connectivity index (χ4n) is 1.98. The zero-order valence-corrected chi connectivity index (χ0v) is 11.3. The first-order valence-electron chi connectivity index (χ1n) is 6.35. The molecule has 0 spiro atoms. The van der Waals surface area contributed by atoms with E-state index in [4.69, 9.17) is 5.73 Å². The van der Waals surface area contributed by atoms with Crippen LogP contribution in [0, 0.1) is 0 Å². The lowest BCUT2D eigenvalue weighted by atomic mass is 10.0. The van der Waals surface area contributed by atoms with Crippen molar-refractivity contribution in [3.05, 3.63) is 12.2 Å². The van der Waals surface area contributed by atoms with Gasteiger partial charge < -0.3 is 10.6 Å². The van der Waals surface area contributed by atoms with Crippen molar-refractivity contribution in [3.63, 3.8) is 0 Å². The summed E-state index contributed by atoms with van der Waals surface area (Å²) in [5.74, 6) is 0.118. The molecule has 0 unspecified atom stereocenters. The Morgan fingerprint density at radius 1 is 1.24 bits per heavy atom. The van der Waals surface area contributed by atoms with Crippen LogP contribution in [-0.2, 0) is 4.79 Å². The van der Waals surface area contributed by atoms with Crippen LogP contribution in [0.4, 0.5) is 0 Å². The lowest BCUT2D eigenvalue weighted by Crippen LogP contribution is -2.54. The molecule has 0 aromatic rings. The average Bonchev–Trinajstić information content (AvgIpc) is 2.28. The van der Waals surface area contributed by atoms with E-state index in [0.29, 0.717) is 6.54 Å². The normalized spacial score (nSPS) is 18.9. The molecular formula is C13H25N3O. The van der Waals surface area contributed by atoms with Gasteiger partial charge in [-0.15, -0.1) is 0 Å². The Kier molecular flexibility index (Phi) is 5.15. The Bertz CT molecular complexity index is 273. The van der Waals surface area contributed by atoms with Gasteiger partial charge in [0.05, 0.1) is 0 Å². The number of rotatable bonds is 3. The van der Waals surface area contributed by atoms with Crippen molar-refractivity contribution in [3.8, 4) is 0 Å². The van der Waals surface area contributed by atoms with Crippen LogP contribution in [0.1, 0.15) is 27.2 Å². The second-order valence-corrected chi connectivity index (χ2v) is 5.46. The van der Waals surface area contributed by atoms with Crippen LogP contribution in [0.3, 0.4) is 0 Å². The molecule has 1 rings (SSSR count). The van der Waals surface area contributed by atoms with Crippen molar-refractivity contribution in [2.24, 2.45) is 5.73 Å². The van der Waals surface area contributed by atoms with E-state index in [2.05, 4.69) is 25.7 Å². The number of carbonyl (C=O) groups is 1. The van der Waals surface area contributed by atoms with Crippen LogP contribution in [0.2, 0.25) is 0 Å². The van der Waals surface area contributed by atoms with Gasteiger partial charge in [-0.25, -0.2) is 0 Å². The molecule has 1 saturated heterocycles. The van der Waals surface area contributed by atoms with E-state index in [1.165, 1.54) is 0 Å². The van der Waals surface area contributed by atoms with Crippen LogP contribution in [0.25, 0.3) is 0 Å². The predicted octanol–water partition coefficient (Wildman–Crippen LogP) is 0.834. The van der Waals surface area contributed by atoms with E-state index in [-0.39, 0.29) is 11.4 Å². The second-order valence-electron chi connectivity index (χ2n) is 5.46. The van der Waals surface area contributed by atoms with E-state index in [1.54, 1.807) is 6.08 Å². The van der Waals surface area contributed by atoms with Gasteiger partial charge in [-0.05, 0) is 39.8 Å². The van der Waals surface area contributed by atoms with Crippen molar-refractivity contribution < 1.29 is 4.79 Å². The maximum absolute atomic E-state index is 11.8. The third kappa shape index (κ3) is 4.48. The molecule has 1 aliphatic heterocycles. The largest absolute Gasteiger partial charge is 0.337 e. The Morgan fingerprint density at radius 3 is 2.29 bits per heavy atom. The molecule has 1 amide bonds. The maximum atomic E-state index is 11.8. The van der Waals surface area contributed by atoms with Crippen LogP contribution in [-0.4, -0.2) is 54.0 Å². The summed E-state index contributed by atoms with van der Waals surface area (Å²) in [6.07, 6.45) is 4.28. The van der Waals surface area contributed by atoms with E-state index in [9.17, 15) is 4.79 Å². The molecule has 1 fully saturated rings. The van der Waals surface area contributed by atoms with Crippen molar-refractivity contribution >= 4 is 5.91 Å². The minimum Gasteiger partial charge on any atom is -0.337 e. The number of nitrogens with zero attached hydrogens (tertiary/aromatic N) is 2. The Hall–Kier alpha value is -0.870. The number of nitrogens with two attached hydrogens (primary N) is 1. The highest BCUT2D eigenvalue weighted by Crippen LogP contribution is 2.15. The molecule has 17 heavy (non-hydrogen) atoms. The predicted molar refractivity (Wildman–Crippen MR) is 70.7 cm³/mol. The summed E-state index contributed by atoms with van der Waals surface area (Å²) in [6, 6.07) is 0. The molecule has 0 radical (unpaired) electrons. The zero-order valence-electron chi connectivity index (χ0n) is 11.3. The van der Waals surface area contributed by atoms with Crippen LogP contribution >= 0.6 is 0 Å². The molecule has 2 N–H and O–H groups in total. The molecule has 0 bridgehead atoms. The fourth-order valence-corrected chi connectivity index (χ4v) is 1.98. The highest BCUT2D eigenvalue weighted by Gasteiger charge is 2.26. The number of hydrogen-bond acceptors (Lipinski definition) is 3. The van der Waals surface area contributed by atoms with E-state index in [1.807, 2.05) is 11.0 Å². The van der Waals surface area contributed by atoms with Gasteiger partial charge in [0.25, 0.3) is 0 Å². The Balaban J connectivity index is 2.39. The van der Waals surface area contributed by atoms with Crippen LogP contribution < -0.4 is 5.73 Å². The van der Waals surface area contributed by atoms with Crippen molar-refractivity contribution in [2.75, 3.05) is 32.7 Å². The summed E-state index contributed by atoms with van der Waals surface area (Å²) in [4.78, 5) is 16.1. The molecule has 4 heteroatoms. The van der Waals surface area contributed by atoms with Gasteiger partial charge in [-0.3, -0.25) is 9.69 Å². The molecule has 0 atom stereocenters.